The number of likely N-dealkylation sites (N-methyl/N-ethyl adjacent to an activating group) is 1. The average Bonchev–Trinajstić information content (AvgIpc) is 3.08. The van der Waals surface area contributed by atoms with E-state index < -0.39 is 0 Å². The predicted octanol–water partition coefficient (Wildman–Crippen LogP) is 1.47. The Morgan fingerprint density at radius 1 is 1.45 bits per heavy atom. The highest BCUT2D eigenvalue weighted by atomic mass is 16.4. The summed E-state index contributed by atoms with van der Waals surface area (Å²) in [5, 5.41) is 0. The van der Waals surface area contributed by atoms with Crippen LogP contribution in [-0.2, 0) is 4.79 Å². The molecule has 1 aliphatic rings. The lowest BCUT2D eigenvalue weighted by molar-refractivity contribution is -0.128. The van der Waals surface area contributed by atoms with Gasteiger partial charge in [-0.3, -0.25) is 4.79 Å². The molecule has 0 aliphatic carbocycles. The van der Waals surface area contributed by atoms with Crippen LogP contribution in [0.15, 0.2) is 22.6 Å². The summed E-state index contributed by atoms with van der Waals surface area (Å²) in [5.41, 5.74) is 7.72. The summed E-state index contributed by atoms with van der Waals surface area (Å²) in [5.74, 6) is 0.111. The third-order valence-electron chi connectivity index (χ3n) is 3.60. The lowest BCUT2D eigenvalue weighted by Crippen LogP contribution is -2.37. The monoisotopic (exact) mass is 274 g/mol. The number of aromatic nitrogens is 1. The van der Waals surface area contributed by atoms with E-state index in [1.165, 1.54) is 0 Å². The number of anilines is 2. The molecule has 1 aliphatic heterocycles. The molecular weight excluding hydrogens is 256 g/mol. The lowest BCUT2D eigenvalue weighted by atomic mass is 10.3. The molecule has 0 saturated carbocycles. The van der Waals surface area contributed by atoms with Gasteiger partial charge in [-0.1, -0.05) is 6.07 Å². The molecule has 2 N–H and O–H groups in total. The summed E-state index contributed by atoms with van der Waals surface area (Å²) >= 11 is 0. The third-order valence-corrected chi connectivity index (χ3v) is 3.60. The van der Waals surface area contributed by atoms with E-state index in [1.54, 1.807) is 18.0 Å². The Balaban J connectivity index is 1.76. The van der Waals surface area contributed by atoms with Crippen LogP contribution in [0.2, 0.25) is 0 Å². The van der Waals surface area contributed by atoms with Crippen molar-refractivity contribution < 1.29 is 9.21 Å². The lowest BCUT2D eigenvalue weighted by Gasteiger charge is -2.19. The molecule has 6 heteroatoms. The van der Waals surface area contributed by atoms with Crippen LogP contribution in [0.5, 0.6) is 0 Å². The quantitative estimate of drug-likeness (QED) is 0.858. The number of carbonyl (C=O) groups is 1. The molecule has 3 rings (SSSR count). The number of hydrogen-bond donors (Lipinski definition) is 1. The zero-order valence-electron chi connectivity index (χ0n) is 11.5. The summed E-state index contributed by atoms with van der Waals surface area (Å²) < 4.78 is 5.64. The van der Waals surface area contributed by atoms with Crippen molar-refractivity contribution in [1.82, 2.24) is 9.88 Å². The highest BCUT2D eigenvalue weighted by molar-refractivity contribution is 5.87. The number of para-hydroxylation sites is 1. The molecule has 2 heterocycles. The number of carbonyl (C=O) groups excluding carboxylic acids is 1. The van der Waals surface area contributed by atoms with E-state index in [4.69, 9.17) is 10.2 Å². The Morgan fingerprint density at radius 2 is 2.20 bits per heavy atom. The first-order valence-corrected chi connectivity index (χ1v) is 6.79. The first-order chi connectivity index (χ1) is 9.65. The number of nitrogen functional groups attached to an aromatic ring is 1. The third kappa shape index (κ3) is 2.29. The van der Waals surface area contributed by atoms with E-state index in [1.807, 2.05) is 17.0 Å². The minimum Gasteiger partial charge on any atom is -0.423 e. The molecule has 0 bridgehead atoms. The number of nitrogens with zero attached hydrogens (tertiary/aromatic N) is 3. The first kappa shape index (κ1) is 12.8. The van der Waals surface area contributed by atoms with Crippen molar-refractivity contribution in [2.45, 2.75) is 12.8 Å². The summed E-state index contributed by atoms with van der Waals surface area (Å²) in [4.78, 5) is 20.1. The summed E-state index contributed by atoms with van der Waals surface area (Å²) in [6.45, 7) is 1.98. The van der Waals surface area contributed by atoms with Gasteiger partial charge in [0.15, 0.2) is 5.58 Å². The van der Waals surface area contributed by atoms with E-state index in [-0.39, 0.29) is 12.5 Å². The Morgan fingerprint density at radius 3 is 2.90 bits per heavy atom. The van der Waals surface area contributed by atoms with Gasteiger partial charge in [0.2, 0.25) is 5.91 Å². The van der Waals surface area contributed by atoms with Crippen LogP contribution in [0, 0.1) is 0 Å². The van der Waals surface area contributed by atoms with Crippen molar-refractivity contribution in [3.63, 3.8) is 0 Å². The highest BCUT2D eigenvalue weighted by Crippen LogP contribution is 2.25. The van der Waals surface area contributed by atoms with Gasteiger partial charge in [-0.25, -0.2) is 0 Å². The Hall–Kier alpha value is -2.24. The molecule has 1 fully saturated rings. The number of oxazole rings is 1. The zero-order chi connectivity index (χ0) is 14.1. The number of amides is 1. The van der Waals surface area contributed by atoms with Gasteiger partial charge in [-0.05, 0) is 25.0 Å². The van der Waals surface area contributed by atoms with Crippen LogP contribution in [0.4, 0.5) is 11.7 Å². The molecule has 1 saturated heterocycles. The molecule has 0 spiro atoms. The molecule has 1 aromatic carbocycles. The minimum atomic E-state index is 0.111. The molecule has 2 aromatic rings. The average molecular weight is 274 g/mol. The van der Waals surface area contributed by atoms with Crippen molar-refractivity contribution in [1.29, 1.82) is 0 Å². The van der Waals surface area contributed by atoms with Gasteiger partial charge in [-0.15, -0.1) is 0 Å². The van der Waals surface area contributed by atoms with Crippen molar-refractivity contribution in [2.75, 3.05) is 37.3 Å². The van der Waals surface area contributed by atoms with Crippen molar-refractivity contribution in [3.8, 4) is 0 Å². The molecule has 6 nitrogen and oxygen atoms in total. The van der Waals surface area contributed by atoms with Crippen molar-refractivity contribution in [2.24, 2.45) is 0 Å². The molecule has 0 radical (unpaired) electrons. The fourth-order valence-corrected chi connectivity index (χ4v) is 2.46. The van der Waals surface area contributed by atoms with Crippen LogP contribution in [-0.4, -0.2) is 42.5 Å². The Labute approximate surface area is 117 Å². The van der Waals surface area contributed by atoms with Gasteiger partial charge in [0.25, 0.3) is 6.01 Å². The molecular formula is C14H18N4O2. The fraction of sp³-hybridized carbons (Fsp3) is 0.429. The zero-order valence-corrected chi connectivity index (χ0v) is 11.5. The van der Waals surface area contributed by atoms with E-state index in [2.05, 4.69) is 4.98 Å². The molecule has 1 aromatic heterocycles. The number of fused-ring (bicyclic) bond motifs is 1. The predicted molar refractivity (Wildman–Crippen MR) is 77.5 cm³/mol. The maximum absolute atomic E-state index is 12.1. The topological polar surface area (TPSA) is 75.6 Å². The molecule has 106 valence electrons. The second kappa shape index (κ2) is 5.03. The Kier molecular flexibility index (Phi) is 3.22. The Bertz CT molecular complexity index is 631. The van der Waals surface area contributed by atoms with Crippen molar-refractivity contribution >= 4 is 28.7 Å². The maximum atomic E-state index is 12.1. The molecule has 1 amide bonds. The maximum Gasteiger partial charge on any atom is 0.298 e. The SMILES string of the molecule is CN(CC(=O)N1CCCC1)c1nc2c(N)cccc2o1. The van der Waals surface area contributed by atoms with Gasteiger partial charge in [0.1, 0.15) is 12.1 Å². The van der Waals surface area contributed by atoms with Crippen molar-refractivity contribution in [3.05, 3.63) is 18.2 Å². The number of nitrogens with two attached hydrogens (primary N) is 1. The van der Waals surface area contributed by atoms with E-state index in [0.29, 0.717) is 22.8 Å². The number of benzene rings is 1. The van der Waals surface area contributed by atoms with Gasteiger partial charge in [0, 0.05) is 20.1 Å². The van der Waals surface area contributed by atoms with Crippen LogP contribution in [0.25, 0.3) is 11.1 Å². The number of rotatable bonds is 3. The second-order valence-electron chi connectivity index (χ2n) is 5.13. The standard InChI is InChI=1S/C14H18N4O2/c1-17(9-12(19)18-7-2-3-8-18)14-16-13-10(15)5-4-6-11(13)20-14/h4-6H,2-3,7-9,15H2,1H3. The van der Waals surface area contributed by atoms with Gasteiger partial charge < -0.3 is 20.0 Å². The van der Waals surface area contributed by atoms with Crippen LogP contribution in [0.1, 0.15) is 12.8 Å². The molecule has 0 atom stereocenters. The highest BCUT2D eigenvalue weighted by Gasteiger charge is 2.21. The normalized spacial score (nSPS) is 14.9. The smallest absolute Gasteiger partial charge is 0.298 e. The largest absolute Gasteiger partial charge is 0.423 e. The van der Waals surface area contributed by atoms with E-state index in [0.717, 1.165) is 25.9 Å². The summed E-state index contributed by atoms with van der Waals surface area (Å²) in [7, 11) is 1.80. The first-order valence-electron chi connectivity index (χ1n) is 6.79. The van der Waals surface area contributed by atoms with E-state index >= 15 is 0 Å². The minimum absolute atomic E-state index is 0.111. The van der Waals surface area contributed by atoms with E-state index in [9.17, 15) is 4.79 Å². The van der Waals surface area contributed by atoms with Crippen LogP contribution < -0.4 is 10.6 Å². The number of hydrogen-bond acceptors (Lipinski definition) is 5. The van der Waals surface area contributed by atoms with Gasteiger partial charge in [0.05, 0.1) is 5.69 Å². The summed E-state index contributed by atoms with van der Waals surface area (Å²) in [6, 6.07) is 5.84. The van der Waals surface area contributed by atoms with Crippen LogP contribution >= 0.6 is 0 Å². The van der Waals surface area contributed by atoms with Crippen LogP contribution in [0.3, 0.4) is 0 Å². The summed E-state index contributed by atoms with van der Waals surface area (Å²) in [6.07, 6.45) is 2.18. The number of likely N-dealkylation sites (tertiary alicyclic amines) is 1. The van der Waals surface area contributed by atoms with Gasteiger partial charge in [-0.2, -0.15) is 4.98 Å². The second-order valence-corrected chi connectivity index (χ2v) is 5.13. The van der Waals surface area contributed by atoms with Gasteiger partial charge >= 0.3 is 0 Å². The molecule has 0 unspecified atom stereocenters. The molecule has 20 heavy (non-hydrogen) atoms. The fourth-order valence-electron chi connectivity index (χ4n) is 2.46.